The molecule has 0 aliphatic carbocycles. The lowest BCUT2D eigenvalue weighted by Gasteiger charge is -2.37. The van der Waals surface area contributed by atoms with Gasteiger partial charge < -0.3 is 15.4 Å². The Morgan fingerprint density at radius 2 is 1.45 bits per heavy atom. The smallest absolute Gasteiger partial charge is 0.416 e. The minimum Gasteiger partial charge on any atom is -0.488 e. The van der Waals surface area contributed by atoms with Gasteiger partial charge >= 0.3 is 18.4 Å². The number of carbonyl (C=O) groups is 1. The Kier molecular flexibility index (Phi) is 9.00. The van der Waals surface area contributed by atoms with Crippen molar-refractivity contribution in [3.8, 4) is 5.75 Å². The molecule has 0 bridgehead atoms. The average molecular weight is 575 g/mol. The molecule has 40 heavy (non-hydrogen) atoms. The number of amides is 2. The van der Waals surface area contributed by atoms with Crippen LogP contribution in [-0.2, 0) is 18.1 Å². The first-order chi connectivity index (χ1) is 18.5. The van der Waals surface area contributed by atoms with Gasteiger partial charge in [0.2, 0.25) is 0 Å². The fraction of sp³-hybridized carbons (Fsp3) is 0.321. The molecule has 3 aromatic rings. The van der Waals surface area contributed by atoms with E-state index in [2.05, 4.69) is 5.32 Å². The highest BCUT2D eigenvalue weighted by Crippen LogP contribution is 2.40. The van der Waals surface area contributed by atoms with Crippen LogP contribution in [0.25, 0.3) is 0 Å². The Balaban J connectivity index is 2.33. The minimum absolute atomic E-state index is 0.0676. The maximum Gasteiger partial charge on any atom is 0.416 e. The van der Waals surface area contributed by atoms with Crippen molar-refractivity contribution < 1.29 is 44.7 Å². The molecular weight excluding hydrogens is 548 g/mol. The number of carbonyl (C=O) groups excluding carboxylic acids is 1. The molecule has 12 heteroatoms. The second kappa shape index (κ2) is 11.7. The Morgan fingerprint density at radius 3 is 2.02 bits per heavy atom. The van der Waals surface area contributed by atoms with Crippen LogP contribution < -0.4 is 15.4 Å². The standard InChI is InChI=1S/C28H26F8N2O2/c1-16(2)40-24-14-19(9-10-23(24)30)26(15-18-7-5-4-6-8-18,38-25(39)37-17(3)27(31,32)33)20-11-21(28(34,35)36)13-22(29)12-20/h4-14,16-17H,15H2,1-3H3,(H2,37,38,39)/t17?,26-/m1/s1. The fourth-order valence-corrected chi connectivity index (χ4v) is 4.08. The zero-order chi connectivity index (χ0) is 29.9. The molecule has 2 atom stereocenters. The normalized spacial score (nSPS) is 14.4. The van der Waals surface area contributed by atoms with Crippen LogP contribution in [-0.4, -0.2) is 24.4 Å². The highest BCUT2D eigenvalue weighted by atomic mass is 19.4. The Bertz CT molecular complexity index is 1330. The minimum atomic E-state index is -5.00. The van der Waals surface area contributed by atoms with E-state index in [0.29, 0.717) is 18.6 Å². The van der Waals surface area contributed by atoms with Crippen LogP contribution >= 0.6 is 0 Å². The van der Waals surface area contributed by atoms with Crippen molar-refractivity contribution in [1.82, 2.24) is 10.6 Å². The molecule has 216 valence electrons. The summed E-state index contributed by atoms with van der Waals surface area (Å²) in [6.07, 6.45) is -10.7. The Hall–Kier alpha value is -3.83. The highest BCUT2D eigenvalue weighted by molar-refractivity contribution is 5.76. The third-order valence-corrected chi connectivity index (χ3v) is 5.98. The summed E-state index contributed by atoms with van der Waals surface area (Å²) in [6.45, 7) is 3.86. The zero-order valence-corrected chi connectivity index (χ0v) is 21.6. The van der Waals surface area contributed by atoms with E-state index in [1.165, 1.54) is 0 Å². The number of urea groups is 1. The predicted octanol–water partition coefficient (Wildman–Crippen LogP) is 7.51. The molecule has 0 aromatic heterocycles. The summed E-state index contributed by atoms with van der Waals surface area (Å²) in [4.78, 5) is 13.0. The largest absolute Gasteiger partial charge is 0.488 e. The van der Waals surface area contributed by atoms with E-state index >= 15 is 0 Å². The molecule has 0 aliphatic heterocycles. The van der Waals surface area contributed by atoms with Gasteiger partial charge in [0.25, 0.3) is 0 Å². The van der Waals surface area contributed by atoms with Crippen molar-refractivity contribution in [1.29, 1.82) is 0 Å². The van der Waals surface area contributed by atoms with Gasteiger partial charge in [-0.25, -0.2) is 13.6 Å². The number of hydrogen-bond acceptors (Lipinski definition) is 2. The van der Waals surface area contributed by atoms with Crippen molar-refractivity contribution in [2.45, 2.75) is 57.2 Å². The highest BCUT2D eigenvalue weighted by Gasteiger charge is 2.42. The molecule has 0 saturated carbocycles. The number of alkyl halides is 6. The summed E-state index contributed by atoms with van der Waals surface area (Å²) in [7, 11) is 0. The van der Waals surface area contributed by atoms with Gasteiger partial charge in [-0.2, -0.15) is 26.3 Å². The van der Waals surface area contributed by atoms with Gasteiger partial charge in [-0.15, -0.1) is 0 Å². The molecule has 2 amide bonds. The molecule has 3 rings (SSSR count). The number of halogens is 8. The first-order valence-electron chi connectivity index (χ1n) is 12.1. The molecule has 0 fully saturated rings. The molecule has 0 saturated heterocycles. The van der Waals surface area contributed by atoms with Crippen molar-refractivity contribution in [3.63, 3.8) is 0 Å². The lowest BCUT2D eigenvalue weighted by molar-refractivity contribution is -0.148. The van der Waals surface area contributed by atoms with E-state index in [1.54, 1.807) is 49.5 Å². The van der Waals surface area contributed by atoms with E-state index < -0.39 is 58.8 Å². The SMILES string of the molecule is CC(C)Oc1cc([C@@](Cc2ccccc2)(NC(=O)NC(C)C(F)(F)F)c2cc(F)cc(C(F)(F)F)c2)ccc1F. The summed E-state index contributed by atoms with van der Waals surface area (Å²) in [5, 5.41) is 4.08. The maximum atomic E-state index is 14.7. The van der Waals surface area contributed by atoms with Crippen molar-refractivity contribution in [2.75, 3.05) is 0 Å². The Morgan fingerprint density at radius 1 is 0.825 bits per heavy atom. The van der Waals surface area contributed by atoms with E-state index in [1.807, 2.05) is 0 Å². The third-order valence-electron chi connectivity index (χ3n) is 5.98. The number of ether oxygens (including phenoxy) is 1. The molecule has 3 aromatic carbocycles. The van der Waals surface area contributed by atoms with Gasteiger partial charge in [-0.3, -0.25) is 0 Å². The number of rotatable bonds is 8. The zero-order valence-electron chi connectivity index (χ0n) is 21.6. The van der Waals surface area contributed by atoms with E-state index in [-0.39, 0.29) is 23.8 Å². The van der Waals surface area contributed by atoms with Gasteiger partial charge in [0, 0.05) is 6.42 Å². The van der Waals surface area contributed by atoms with Crippen LogP contribution in [0, 0.1) is 11.6 Å². The number of hydrogen-bond donors (Lipinski definition) is 2. The second-order valence-corrected chi connectivity index (χ2v) is 9.47. The monoisotopic (exact) mass is 574 g/mol. The topological polar surface area (TPSA) is 50.4 Å². The van der Waals surface area contributed by atoms with Crippen molar-refractivity contribution in [2.24, 2.45) is 0 Å². The van der Waals surface area contributed by atoms with E-state index in [0.717, 1.165) is 24.3 Å². The quantitative estimate of drug-likeness (QED) is 0.274. The van der Waals surface area contributed by atoms with Crippen LogP contribution in [0.4, 0.5) is 39.9 Å². The summed E-state index contributed by atoms with van der Waals surface area (Å²) in [5.74, 6) is -2.48. The van der Waals surface area contributed by atoms with Gasteiger partial charge in [0.05, 0.1) is 17.2 Å². The maximum absolute atomic E-state index is 14.7. The third kappa shape index (κ3) is 7.42. The van der Waals surface area contributed by atoms with Gasteiger partial charge in [-0.1, -0.05) is 36.4 Å². The molecule has 0 aliphatic rings. The molecule has 0 heterocycles. The van der Waals surface area contributed by atoms with E-state index in [4.69, 9.17) is 4.74 Å². The number of benzene rings is 3. The summed E-state index contributed by atoms with van der Waals surface area (Å²) >= 11 is 0. The van der Waals surface area contributed by atoms with Gasteiger partial charge in [0.1, 0.15) is 11.9 Å². The van der Waals surface area contributed by atoms with E-state index in [9.17, 15) is 39.9 Å². The fourth-order valence-electron chi connectivity index (χ4n) is 4.08. The van der Waals surface area contributed by atoms with Gasteiger partial charge in [-0.05, 0) is 67.8 Å². The van der Waals surface area contributed by atoms with Crippen LogP contribution in [0.1, 0.15) is 43.0 Å². The Labute approximate surface area is 225 Å². The molecule has 4 nitrogen and oxygen atoms in total. The lowest BCUT2D eigenvalue weighted by Crippen LogP contribution is -2.55. The van der Waals surface area contributed by atoms with Crippen LogP contribution in [0.3, 0.4) is 0 Å². The lowest BCUT2D eigenvalue weighted by atomic mass is 9.77. The molecule has 1 unspecified atom stereocenters. The molecule has 0 radical (unpaired) electrons. The van der Waals surface area contributed by atoms with Crippen LogP contribution in [0.2, 0.25) is 0 Å². The van der Waals surface area contributed by atoms with Gasteiger partial charge in [0.15, 0.2) is 11.6 Å². The summed E-state index contributed by atoms with van der Waals surface area (Å²) < 4.78 is 116. The molecular formula is C28H26F8N2O2. The predicted molar refractivity (Wildman–Crippen MR) is 132 cm³/mol. The average Bonchev–Trinajstić information content (AvgIpc) is 2.83. The van der Waals surface area contributed by atoms with Crippen molar-refractivity contribution in [3.05, 3.63) is 101 Å². The summed E-state index contributed by atoms with van der Waals surface area (Å²) in [5.41, 5.74) is -3.61. The summed E-state index contributed by atoms with van der Waals surface area (Å²) in [6, 6.07) is 8.97. The molecule has 2 N–H and O–H groups in total. The second-order valence-electron chi connectivity index (χ2n) is 9.47. The first kappa shape index (κ1) is 30.7. The van der Waals surface area contributed by atoms with Crippen LogP contribution in [0.15, 0.2) is 66.7 Å². The first-order valence-corrected chi connectivity index (χ1v) is 12.1. The van der Waals surface area contributed by atoms with Crippen molar-refractivity contribution >= 4 is 6.03 Å². The van der Waals surface area contributed by atoms with Crippen LogP contribution in [0.5, 0.6) is 5.75 Å². The molecule has 0 spiro atoms. The number of nitrogens with one attached hydrogen (secondary N) is 2.